The highest BCUT2D eigenvalue weighted by atomic mass is 31.2. The van der Waals surface area contributed by atoms with E-state index in [1.807, 2.05) is 4.91 Å². The summed E-state index contributed by atoms with van der Waals surface area (Å²) in [6, 6.07) is 0. The molecule has 8 heteroatoms. The van der Waals surface area contributed by atoms with Crippen LogP contribution in [0, 0.1) is 22.9 Å². The summed E-state index contributed by atoms with van der Waals surface area (Å²) >= 11 is 0. The van der Waals surface area contributed by atoms with Crippen molar-refractivity contribution in [2.75, 3.05) is 13.2 Å². The van der Waals surface area contributed by atoms with Crippen LogP contribution in [0.2, 0.25) is 0 Å². The zero-order chi connectivity index (χ0) is 18.8. The summed E-state index contributed by atoms with van der Waals surface area (Å²) in [6.45, 7) is 9.10. The van der Waals surface area contributed by atoms with Crippen molar-refractivity contribution in [1.29, 1.82) is 11.1 Å². The molecule has 0 aliphatic heterocycles. The van der Waals surface area contributed by atoms with Gasteiger partial charge in [0.25, 0.3) is 0 Å². The molecule has 0 aromatic rings. The number of nitrogens with one attached hydrogen (secondary N) is 2. The second kappa shape index (κ2) is 17.2. The van der Waals surface area contributed by atoms with E-state index in [4.69, 9.17) is 20.1 Å². The average Bonchev–Trinajstić information content (AvgIpc) is 2.56. The van der Waals surface area contributed by atoms with Gasteiger partial charge in [-0.3, -0.25) is 9.05 Å². The molecule has 0 rings (SSSR count). The van der Waals surface area contributed by atoms with E-state index in [0.29, 0.717) is 25.0 Å². The Morgan fingerprint density at radius 3 is 1.50 bits per heavy atom. The molecule has 0 saturated heterocycles. The molecule has 7 nitrogen and oxygen atoms in total. The molecule has 0 aromatic heterocycles. The Bertz CT molecular complexity index is 339. The first-order chi connectivity index (χ1) is 11.4. The molecule has 0 amide bonds. The van der Waals surface area contributed by atoms with Crippen molar-refractivity contribution >= 4 is 7.82 Å². The minimum Gasteiger partial charge on any atom is -0.302 e. The Kier molecular flexibility index (Phi) is 18.4. The monoisotopic (exact) mass is 366 g/mol. The van der Waals surface area contributed by atoms with Crippen molar-refractivity contribution < 1.29 is 18.5 Å². The molecule has 2 unspecified atom stereocenters. The fourth-order valence-corrected chi connectivity index (χ4v) is 3.11. The van der Waals surface area contributed by atoms with Crippen LogP contribution < -0.4 is 4.91 Å². The molecule has 144 valence electrons. The standard InChI is InChI=1S/C16H35O4P.H2N3/c1-5-9-11-15(7-3)13-19-21(17,18)20-14-16(8-4)12-10-6-2;1-3-2/h15-16H,5-14H2,1-4H3,(H,17,18);1-2H/q;+1. The van der Waals surface area contributed by atoms with Crippen LogP contribution in [-0.2, 0) is 13.6 Å². The molecular weight excluding hydrogens is 329 g/mol. The van der Waals surface area contributed by atoms with Gasteiger partial charge in [-0.25, -0.2) is 4.57 Å². The second-order valence-electron chi connectivity index (χ2n) is 6.00. The predicted molar refractivity (Wildman–Crippen MR) is 95.9 cm³/mol. The average molecular weight is 366 g/mol. The number of hydrogen-bond acceptors (Lipinski definition) is 5. The van der Waals surface area contributed by atoms with Crippen LogP contribution in [0.15, 0.2) is 0 Å². The lowest BCUT2D eigenvalue weighted by Gasteiger charge is -2.20. The summed E-state index contributed by atoms with van der Waals surface area (Å²) in [6.07, 6.45) is 8.56. The van der Waals surface area contributed by atoms with Gasteiger partial charge in [0, 0.05) is 0 Å². The van der Waals surface area contributed by atoms with E-state index in [1.54, 1.807) is 0 Å². The van der Waals surface area contributed by atoms with Gasteiger partial charge in [0.1, 0.15) is 11.1 Å². The largest absolute Gasteiger partial charge is 0.472 e. The van der Waals surface area contributed by atoms with Gasteiger partial charge < -0.3 is 4.89 Å². The highest BCUT2D eigenvalue weighted by molar-refractivity contribution is 7.47. The maximum absolute atomic E-state index is 11.9. The number of phosphoric acid groups is 1. The molecule has 0 saturated carbocycles. The molecule has 0 bridgehead atoms. The van der Waals surface area contributed by atoms with Crippen LogP contribution in [0.1, 0.15) is 79.1 Å². The number of hydrogen-bond donors (Lipinski definition) is 3. The van der Waals surface area contributed by atoms with Crippen molar-refractivity contribution in [3.8, 4) is 0 Å². The molecule has 0 heterocycles. The Morgan fingerprint density at radius 1 is 0.917 bits per heavy atom. The smallest absolute Gasteiger partial charge is 0.302 e. The molecule has 2 atom stereocenters. The lowest BCUT2D eigenvalue weighted by molar-refractivity contribution is 0.110. The van der Waals surface area contributed by atoms with Gasteiger partial charge >= 0.3 is 7.82 Å². The van der Waals surface area contributed by atoms with Crippen molar-refractivity contribution in [1.82, 2.24) is 4.91 Å². The predicted octanol–water partition coefficient (Wildman–Crippen LogP) is 5.67. The summed E-state index contributed by atoms with van der Waals surface area (Å²) in [5.41, 5.74) is 11.0. The van der Waals surface area contributed by atoms with E-state index < -0.39 is 7.82 Å². The third-order valence-corrected chi connectivity index (χ3v) is 4.98. The van der Waals surface area contributed by atoms with E-state index in [1.165, 1.54) is 0 Å². The first-order valence-corrected chi connectivity index (χ1v) is 10.5. The molecule has 0 radical (unpaired) electrons. The molecule has 0 spiro atoms. The summed E-state index contributed by atoms with van der Waals surface area (Å²) in [4.78, 5) is 11.8. The fraction of sp³-hybridized carbons (Fsp3) is 1.00. The minimum absolute atomic E-state index is 0.316. The van der Waals surface area contributed by atoms with Crippen LogP contribution in [0.5, 0.6) is 0 Å². The van der Waals surface area contributed by atoms with E-state index in [0.717, 1.165) is 51.4 Å². The highest BCUT2D eigenvalue weighted by Crippen LogP contribution is 2.44. The normalized spacial score (nSPS) is 15.5. The third kappa shape index (κ3) is 16.3. The van der Waals surface area contributed by atoms with Crippen LogP contribution >= 0.6 is 7.82 Å². The van der Waals surface area contributed by atoms with Crippen molar-refractivity contribution in [3.05, 3.63) is 0 Å². The second-order valence-corrected chi connectivity index (χ2v) is 7.46. The Hall–Kier alpha value is -0.580. The van der Waals surface area contributed by atoms with Crippen molar-refractivity contribution in [2.45, 2.75) is 79.1 Å². The Balaban J connectivity index is 0. The maximum atomic E-state index is 11.9. The summed E-state index contributed by atoms with van der Waals surface area (Å²) in [5.74, 6) is 0.687. The number of rotatable bonds is 14. The SMILES string of the molecule is CCCCC(CC)COP(=O)(O)OCC(CC)CCCC.N=[N+]=N. The molecule has 0 fully saturated rings. The van der Waals surface area contributed by atoms with Gasteiger partial charge in [-0.2, -0.15) is 0 Å². The van der Waals surface area contributed by atoms with Crippen LogP contribution in [0.4, 0.5) is 0 Å². The van der Waals surface area contributed by atoms with Gasteiger partial charge in [-0.1, -0.05) is 66.2 Å². The minimum atomic E-state index is -3.89. The number of nitrogens with zero attached hydrogens (tertiary/aromatic N) is 1. The van der Waals surface area contributed by atoms with Crippen LogP contribution in [0.3, 0.4) is 0 Å². The third-order valence-electron chi connectivity index (χ3n) is 4.03. The molecule has 24 heavy (non-hydrogen) atoms. The molecule has 0 aliphatic carbocycles. The van der Waals surface area contributed by atoms with Crippen molar-refractivity contribution in [2.24, 2.45) is 11.8 Å². The van der Waals surface area contributed by atoms with Gasteiger partial charge in [-0.15, -0.1) is 0 Å². The van der Waals surface area contributed by atoms with Crippen LogP contribution in [0.25, 0.3) is 0 Å². The van der Waals surface area contributed by atoms with E-state index in [2.05, 4.69) is 27.7 Å². The molecule has 0 aliphatic rings. The first-order valence-electron chi connectivity index (χ1n) is 9.05. The van der Waals surface area contributed by atoms with Gasteiger partial charge in [0.15, 0.2) is 0 Å². The van der Waals surface area contributed by atoms with E-state index >= 15 is 0 Å². The summed E-state index contributed by atoms with van der Waals surface area (Å²) < 4.78 is 22.2. The summed E-state index contributed by atoms with van der Waals surface area (Å²) in [5, 5.41) is 0. The fourth-order valence-electron chi connectivity index (χ4n) is 2.23. The van der Waals surface area contributed by atoms with Crippen molar-refractivity contribution in [3.63, 3.8) is 0 Å². The lowest BCUT2D eigenvalue weighted by atomic mass is 10.0. The number of phosphoric ester groups is 1. The highest BCUT2D eigenvalue weighted by Gasteiger charge is 2.24. The Morgan fingerprint density at radius 2 is 1.25 bits per heavy atom. The van der Waals surface area contributed by atoms with Gasteiger partial charge in [0.2, 0.25) is 4.91 Å². The quantitative estimate of drug-likeness (QED) is 0.208. The zero-order valence-corrected chi connectivity index (χ0v) is 16.7. The van der Waals surface area contributed by atoms with Gasteiger partial charge in [0.05, 0.1) is 13.2 Å². The summed E-state index contributed by atoms with van der Waals surface area (Å²) in [7, 11) is -3.89. The molecule has 3 N–H and O–H groups in total. The Labute approximate surface area is 147 Å². The lowest BCUT2D eigenvalue weighted by Crippen LogP contribution is -2.12. The number of unbranched alkanes of at least 4 members (excludes halogenated alkanes) is 2. The molecule has 0 aromatic carbocycles. The first kappa shape index (κ1) is 25.7. The maximum Gasteiger partial charge on any atom is 0.472 e. The zero-order valence-electron chi connectivity index (χ0n) is 15.8. The molecular formula is C16H37N3O4P+. The van der Waals surface area contributed by atoms with E-state index in [-0.39, 0.29) is 0 Å². The van der Waals surface area contributed by atoms with E-state index in [9.17, 15) is 9.46 Å². The topological polar surface area (TPSA) is 118 Å². The van der Waals surface area contributed by atoms with Crippen LogP contribution in [-0.4, -0.2) is 18.1 Å². The van der Waals surface area contributed by atoms with Gasteiger partial charge in [-0.05, 0) is 24.7 Å².